The number of ether oxygens (including phenoxy) is 1. The van der Waals surface area contributed by atoms with Gasteiger partial charge < -0.3 is 26.2 Å². The van der Waals surface area contributed by atoms with Crippen LogP contribution < -0.4 is 26.7 Å². The number of pyridine rings is 1. The van der Waals surface area contributed by atoms with E-state index in [1.807, 2.05) is 0 Å². The van der Waals surface area contributed by atoms with E-state index >= 15 is 0 Å². The normalized spacial score (nSPS) is 16.3. The molecule has 0 saturated carbocycles. The molecule has 0 spiro atoms. The van der Waals surface area contributed by atoms with Crippen molar-refractivity contribution in [1.29, 1.82) is 0 Å². The molecular formula is C22H22Cl2N6O5. The monoisotopic (exact) mass is 520 g/mol. The molecule has 13 heteroatoms. The van der Waals surface area contributed by atoms with Gasteiger partial charge in [0, 0.05) is 30.4 Å². The largest absolute Gasteiger partial charge is 0.497 e. The van der Waals surface area contributed by atoms with Crippen LogP contribution in [0, 0.1) is 0 Å². The molecule has 2 atom stereocenters. The number of carbonyl (C=O) groups is 2. The van der Waals surface area contributed by atoms with E-state index in [-0.39, 0.29) is 39.6 Å². The smallest absolute Gasteiger partial charge is 0.290 e. The minimum absolute atomic E-state index is 0.147. The maximum Gasteiger partial charge on any atom is 0.290 e. The number of carbonyl (C=O) groups excluding carboxylic acids is 1. The van der Waals surface area contributed by atoms with Crippen molar-refractivity contribution in [1.82, 2.24) is 19.9 Å². The van der Waals surface area contributed by atoms with E-state index in [0.717, 1.165) is 16.6 Å². The van der Waals surface area contributed by atoms with Crippen molar-refractivity contribution in [3.8, 4) is 11.4 Å². The Bertz CT molecular complexity index is 1290. The summed E-state index contributed by atoms with van der Waals surface area (Å²) in [5.41, 5.74) is 6.35. The lowest BCUT2D eigenvalue weighted by Gasteiger charge is -2.35. The van der Waals surface area contributed by atoms with Crippen LogP contribution in [0.3, 0.4) is 0 Å². The summed E-state index contributed by atoms with van der Waals surface area (Å²) in [6.07, 6.45) is 5.37. The molecule has 1 aliphatic heterocycles. The highest BCUT2D eigenvalue weighted by Gasteiger charge is 2.26. The second-order valence-electron chi connectivity index (χ2n) is 7.54. The molecule has 4 rings (SSSR count). The van der Waals surface area contributed by atoms with E-state index in [0.29, 0.717) is 17.5 Å². The minimum Gasteiger partial charge on any atom is -0.497 e. The fourth-order valence-corrected chi connectivity index (χ4v) is 4.19. The molecule has 1 saturated heterocycles. The van der Waals surface area contributed by atoms with Gasteiger partial charge in [-0.1, -0.05) is 23.2 Å². The molecule has 1 fully saturated rings. The summed E-state index contributed by atoms with van der Waals surface area (Å²) < 4.78 is 6.20. The molecule has 184 valence electrons. The van der Waals surface area contributed by atoms with Gasteiger partial charge in [0.2, 0.25) is 0 Å². The Hall–Kier alpha value is -3.67. The third-order valence-corrected chi connectivity index (χ3v) is 5.77. The van der Waals surface area contributed by atoms with Crippen LogP contribution in [0.5, 0.6) is 5.75 Å². The molecule has 0 unspecified atom stereocenters. The molecule has 0 aliphatic carbocycles. The first kappa shape index (κ1) is 25.9. The SMILES string of the molecule is COc1cc(Cl)c(-n2cnc(N)c(C(=O)Nc3cncc([C@H]4C[C@H](C)N4)c3)c2=O)c(Cl)c1.O=CO. The zero-order valence-electron chi connectivity index (χ0n) is 18.7. The fraction of sp³-hybridized carbons (Fsp3) is 0.227. The number of amides is 1. The zero-order valence-corrected chi connectivity index (χ0v) is 20.2. The number of anilines is 2. The third kappa shape index (κ3) is 5.70. The number of hydrogen-bond donors (Lipinski definition) is 4. The second kappa shape index (κ2) is 11.2. The lowest BCUT2D eigenvalue weighted by molar-refractivity contribution is -0.122. The first-order chi connectivity index (χ1) is 16.7. The van der Waals surface area contributed by atoms with Gasteiger partial charge in [0.15, 0.2) is 0 Å². The number of aromatic nitrogens is 3. The average molecular weight is 521 g/mol. The molecule has 35 heavy (non-hydrogen) atoms. The van der Waals surface area contributed by atoms with Gasteiger partial charge in [0.05, 0.1) is 34.7 Å². The molecule has 1 aromatic carbocycles. The van der Waals surface area contributed by atoms with Crippen LogP contribution in [0.1, 0.15) is 35.3 Å². The van der Waals surface area contributed by atoms with Crippen LogP contribution in [-0.2, 0) is 4.79 Å². The van der Waals surface area contributed by atoms with Crippen molar-refractivity contribution >= 4 is 47.1 Å². The Kier molecular flexibility index (Phi) is 8.28. The van der Waals surface area contributed by atoms with E-state index in [2.05, 4.69) is 27.5 Å². The summed E-state index contributed by atoms with van der Waals surface area (Å²) >= 11 is 12.6. The number of nitrogens with one attached hydrogen (secondary N) is 2. The Labute approximate surface area is 209 Å². The summed E-state index contributed by atoms with van der Waals surface area (Å²) in [7, 11) is 1.46. The summed E-state index contributed by atoms with van der Waals surface area (Å²) in [4.78, 5) is 42.6. The Balaban J connectivity index is 0.00000108. The van der Waals surface area contributed by atoms with Crippen LogP contribution in [0.25, 0.3) is 5.69 Å². The second-order valence-corrected chi connectivity index (χ2v) is 8.36. The molecule has 2 aromatic heterocycles. The number of rotatable bonds is 5. The van der Waals surface area contributed by atoms with Crippen molar-refractivity contribution < 1.29 is 19.4 Å². The first-order valence-electron chi connectivity index (χ1n) is 10.2. The molecule has 3 heterocycles. The van der Waals surface area contributed by atoms with Gasteiger partial charge in [0.1, 0.15) is 23.5 Å². The van der Waals surface area contributed by atoms with Gasteiger partial charge in [-0.15, -0.1) is 0 Å². The standard InChI is InChI=1S/C21H20Cl2N6O3.CH2O2/c1-10-3-16(27-10)11-4-12(8-25-7-11)28-20(30)17-19(24)26-9-29(21(17)31)18-14(22)5-13(32-2)6-15(18)23;2-1-3/h4-10,16,27H,3,24H2,1-2H3,(H,28,30);1H,(H,2,3)/t10-,16+;/m0./s1. The van der Waals surface area contributed by atoms with E-state index in [9.17, 15) is 9.59 Å². The highest BCUT2D eigenvalue weighted by atomic mass is 35.5. The van der Waals surface area contributed by atoms with Crippen molar-refractivity contribution in [3.05, 3.63) is 68.4 Å². The summed E-state index contributed by atoms with van der Waals surface area (Å²) in [6.45, 7) is 1.84. The van der Waals surface area contributed by atoms with E-state index < -0.39 is 11.5 Å². The molecule has 0 bridgehead atoms. The number of benzene rings is 1. The number of nitrogen functional groups attached to an aromatic ring is 1. The molecular weight excluding hydrogens is 499 g/mol. The van der Waals surface area contributed by atoms with Crippen molar-refractivity contribution in [3.63, 3.8) is 0 Å². The number of carboxylic acid groups (broad SMARTS) is 1. The van der Waals surface area contributed by atoms with E-state index in [4.69, 9.17) is 43.6 Å². The van der Waals surface area contributed by atoms with Gasteiger partial charge in [-0.3, -0.25) is 23.9 Å². The maximum absolute atomic E-state index is 13.2. The van der Waals surface area contributed by atoms with Crippen LogP contribution >= 0.6 is 23.2 Å². The number of methoxy groups -OCH3 is 1. The maximum atomic E-state index is 13.2. The topological polar surface area (TPSA) is 161 Å². The van der Waals surface area contributed by atoms with E-state index in [1.165, 1.54) is 31.8 Å². The van der Waals surface area contributed by atoms with Crippen LogP contribution in [0.2, 0.25) is 10.0 Å². The Morgan fingerprint density at radius 1 is 1.31 bits per heavy atom. The number of nitrogens with zero attached hydrogens (tertiary/aromatic N) is 3. The molecule has 5 N–H and O–H groups in total. The summed E-state index contributed by atoms with van der Waals surface area (Å²) in [5.74, 6) is -0.520. The number of halogens is 2. The van der Waals surface area contributed by atoms with Gasteiger partial charge in [-0.05, 0) is 25.0 Å². The van der Waals surface area contributed by atoms with Crippen LogP contribution in [-0.4, -0.2) is 45.2 Å². The summed E-state index contributed by atoms with van der Waals surface area (Å²) in [6, 6.07) is 5.41. The lowest BCUT2D eigenvalue weighted by Crippen LogP contribution is -2.43. The van der Waals surface area contributed by atoms with Gasteiger partial charge in [-0.25, -0.2) is 4.98 Å². The Morgan fingerprint density at radius 2 is 1.94 bits per heavy atom. The van der Waals surface area contributed by atoms with Crippen LogP contribution in [0.4, 0.5) is 11.5 Å². The zero-order chi connectivity index (χ0) is 25.7. The average Bonchev–Trinajstić information content (AvgIpc) is 2.78. The summed E-state index contributed by atoms with van der Waals surface area (Å²) in [5, 5.41) is 13.2. The number of hydrogen-bond acceptors (Lipinski definition) is 8. The highest BCUT2D eigenvalue weighted by molar-refractivity contribution is 6.38. The molecule has 11 nitrogen and oxygen atoms in total. The first-order valence-corrected chi connectivity index (χ1v) is 11.0. The van der Waals surface area contributed by atoms with Gasteiger partial charge in [-0.2, -0.15) is 0 Å². The minimum atomic E-state index is -0.720. The fourth-order valence-electron chi connectivity index (χ4n) is 3.55. The van der Waals surface area contributed by atoms with Crippen molar-refractivity contribution in [2.45, 2.75) is 25.4 Å². The quantitative estimate of drug-likeness (QED) is 0.370. The van der Waals surface area contributed by atoms with Crippen LogP contribution in [0.15, 0.2) is 41.7 Å². The predicted molar refractivity (Wildman–Crippen MR) is 132 cm³/mol. The van der Waals surface area contributed by atoms with Gasteiger partial charge >= 0.3 is 0 Å². The lowest BCUT2D eigenvalue weighted by atomic mass is 9.93. The van der Waals surface area contributed by atoms with E-state index in [1.54, 1.807) is 12.3 Å². The predicted octanol–water partition coefficient (Wildman–Crippen LogP) is 2.90. The third-order valence-electron chi connectivity index (χ3n) is 5.19. The van der Waals surface area contributed by atoms with Crippen molar-refractivity contribution in [2.24, 2.45) is 0 Å². The molecule has 3 aromatic rings. The van der Waals surface area contributed by atoms with Gasteiger partial charge in [0.25, 0.3) is 17.9 Å². The molecule has 1 aliphatic rings. The molecule has 0 radical (unpaired) electrons. The number of nitrogens with two attached hydrogens (primary N) is 1. The highest BCUT2D eigenvalue weighted by Crippen LogP contribution is 2.33. The van der Waals surface area contributed by atoms with Crippen molar-refractivity contribution in [2.75, 3.05) is 18.2 Å². The Morgan fingerprint density at radius 3 is 2.51 bits per heavy atom. The molecule has 1 amide bonds.